The summed E-state index contributed by atoms with van der Waals surface area (Å²) >= 11 is 0. The smallest absolute Gasteiger partial charge is 0.242 e. The SMILES string of the molecule is O=CNC1CN(Cc2cccc3ncccc23)C(=O)CN1C(=O)CNCc1cc(-c2ccc(F)cn2)no1. The van der Waals surface area contributed by atoms with Gasteiger partial charge in [0.05, 0.1) is 37.0 Å². The molecule has 0 aliphatic carbocycles. The number of carbonyl (C=O) groups is 3. The average Bonchev–Trinajstić information content (AvgIpc) is 3.40. The maximum Gasteiger partial charge on any atom is 0.242 e. The first-order chi connectivity index (χ1) is 18.5. The molecule has 1 aliphatic rings. The molecule has 38 heavy (non-hydrogen) atoms. The predicted molar refractivity (Wildman–Crippen MR) is 133 cm³/mol. The highest BCUT2D eigenvalue weighted by atomic mass is 19.1. The Morgan fingerprint density at radius 2 is 2.05 bits per heavy atom. The minimum Gasteiger partial charge on any atom is -0.359 e. The number of benzene rings is 1. The van der Waals surface area contributed by atoms with Crippen LogP contribution < -0.4 is 10.6 Å². The number of nitrogens with zero attached hydrogens (tertiary/aromatic N) is 5. The molecular formula is C26H24FN7O4. The molecule has 194 valence electrons. The lowest BCUT2D eigenvalue weighted by molar-refractivity contribution is -0.150. The van der Waals surface area contributed by atoms with E-state index in [1.807, 2.05) is 30.3 Å². The number of rotatable bonds is 9. The zero-order chi connectivity index (χ0) is 26.5. The molecule has 1 aromatic carbocycles. The van der Waals surface area contributed by atoms with E-state index in [1.165, 1.54) is 17.0 Å². The maximum absolute atomic E-state index is 13.1. The Kier molecular flexibility index (Phi) is 7.31. The number of carbonyl (C=O) groups excluding carboxylic acids is 3. The fraction of sp³-hybridized carbons (Fsp3) is 0.231. The Balaban J connectivity index is 1.19. The van der Waals surface area contributed by atoms with Crippen molar-refractivity contribution in [3.8, 4) is 11.4 Å². The van der Waals surface area contributed by atoms with Crippen molar-refractivity contribution in [2.24, 2.45) is 0 Å². The van der Waals surface area contributed by atoms with Crippen LogP contribution in [0.2, 0.25) is 0 Å². The van der Waals surface area contributed by atoms with E-state index in [-0.39, 0.29) is 38.0 Å². The van der Waals surface area contributed by atoms with Gasteiger partial charge in [-0.15, -0.1) is 0 Å². The van der Waals surface area contributed by atoms with Crippen molar-refractivity contribution in [3.05, 3.63) is 78.1 Å². The van der Waals surface area contributed by atoms with Crippen molar-refractivity contribution < 1.29 is 23.3 Å². The molecule has 4 heterocycles. The van der Waals surface area contributed by atoms with Crippen LogP contribution in [0.25, 0.3) is 22.3 Å². The van der Waals surface area contributed by atoms with E-state index >= 15 is 0 Å². The highest BCUT2D eigenvalue weighted by Gasteiger charge is 2.34. The van der Waals surface area contributed by atoms with Gasteiger partial charge in [0.25, 0.3) is 0 Å². The molecular weight excluding hydrogens is 493 g/mol. The molecule has 1 fully saturated rings. The Morgan fingerprint density at radius 3 is 2.87 bits per heavy atom. The second-order valence-corrected chi connectivity index (χ2v) is 8.73. The summed E-state index contributed by atoms with van der Waals surface area (Å²) < 4.78 is 18.3. The summed E-state index contributed by atoms with van der Waals surface area (Å²) in [6.45, 7) is 0.405. The molecule has 1 saturated heterocycles. The number of aromatic nitrogens is 3. The Labute approximate surface area is 216 Å². The van der Waals surface area contributed by atoms with Crippen LogP contribution in [0, 0.1) is 5.82 Å². The Morgan fingerprint density at radius 1 is 1.16 bits per heavy atom. The molecule has 12 heteroatoms. The van der Waals surface area contributed by atoms with Crippen molar-refractivity contribution in [2.75, 3.05) is 19.6 Å². The number of nitrogens with one attached hydrogen (secondary N) is 2. The highest BCUT2D eigenvalue weighted by Crippen LogP contribution is 2.21. The van der Waals surface area contributed by atoms with E-state index in [1.54, 1.807) is 17.2 Å². The third kappa shape index (κ3) is 5.49. The van der Waals surface area contributed by atoms with Crippen LogP contribution in [0.5, 0.6) is 0 Å². The number of amides is 3. The fourth-order valence-corrected chi connectivity index (χ4v) is 4.35. The summed E-state index contributed by atoms with van der Waals surface area (Å²) in [5.74, 6) is -0.585. The van der Waals surface area contributed by atoms with Gasteiger partial charge in [-0.2, -0.15) is 0 Å². The number of hydrogen-bond donors (Lipinski definition) is 2. The zero-order valence-corrected chi connectivity index (χ0v) is 20.2. The van der Waals surface area contributed by atoms with Gasteiger partial charge in [0.2, 0.25) is 18.2 Å². The maximum atomic E-state index is 13.1. The average molecular weight is 518 g/mol. The molecule has 0 bridgehead atoms. The van der Waals surface area contributed by atoms with Crippen LogP contribution in [0.1, 0.15) is 11.3 Å². The molecule has 0 spiro atoms. The summed E-state index contributed by atoms with van der Waals surface area (Å²) in [7, 11) is 0. The van der Waals surface area contributed by atoms with Gasteiger partial charge in [0.15, 0.2) is 5.76 Å². The lowest BCUT2D eigenvalue weighted by Gasteiger charge is -2.40. The van der Waals surface area contributed by atoms with E-state index in [0.29, 0.717) is 30.1 Å². The number of halogens is 1. The topological polar surface area (TPSA) is 134 Å². The van der Waals surface area contributed by atoms with Crippen molar-refractivity contribution in [1.29, 1.82) is 0 Å². The third-order valence-corrected chi connectivity index (χ3v) is 6.23. The summed E-state index contributed by atoms with van der Waals surface area (Å²) in [6, 6.07) is 13.9. The van der Waals surface area contributed by atoms with Gasteiger partial charge in [-0.05, 0) is 29.8 Å². The summed E-state index contributed by atoms with van der Waals surface area (Å²) in [6.07, 6.45) is 2.65. The molecule has 2 N–H and O–H groups in total. The Bertz CT molecular complexity index is 1450. The van der Waals surface area contributed by atoms with Crippen molar-refractivity contribution in [3.63, 3.8) is 0 Å². The van der Waals surface area contributed by atoms with Gasteiger partial charge in [0.1, 0.15) is 24.2 Å². The highest BCUT2D eigenvalue weighted by molar-refractivity contribution is 5.88. The van der Waals surface area contributed by atoms with E-state index in [4.69, 9.17) is 4.52 Å². The van der Waals surface area contributed by atoms with Crippen molar-refractivity contribution in [2.45, 2.75) is 19.3 Å². The van der Waals surface area contributed by atoms with Gasteiger partial charge < -0.3 is 25.0 Å². The van der Waals surface area contributed by atoms with Crippen LogP contribution in [0.4, 0.5) is 4.39 Å². The molecule has 3 aromatic heterocycles. The van der Waals surface area contributed by atoms with E-state index < -0.39 is 12.0 Å². The van der Waals surface area contributed by atoms with Gasteiger partial charge in [-0.3, -0.25) is 24.4 Å². The first-order valence-electron chi connectivity index (χ1n) is 11.9. The quantitative estimate of drug-likeness (QED) is 0.319. The second kappa shape index (κ2) is 11.1. The summed E-state index contributed by atoms with van der Waals surface area (Å²) in [4.78, 5) is 48.5. The van der Waals surface area contributed by atoms with Crippen LogP contribution >= 0.6 is 0 Å². The Hall–Kier alpha value is -4.71. The van der Waals surface area contributed by atoms with Crippen molar-refractivity contribution in [1.82, 2.24) is 35.6 Å². The number of pyridine rings is 2. The number of piperazine rings is 1. The van der Waals surface area contributed by atoms with Crippen molar-refractivity contribution >= 4 is 29.1 Å². The lowest BCUT2D eigenvalue weighted by atomic mass is 10.1. The second-order valence-electron chi connectivity index (χ2n) is 8.73. The molecule has 5 rings (SSSR count). The van der Waals surface area contributed by atoms with Gasteiger partial charge >= 0.3 is 0 Å². The molecule has 11 nitrogen and oxygen atoms in total. The minimum absolute atomic E-state index is 0.0931. The van der Waals surface area contributed by atoms with Crippen LogP contribution in [-0.4, -0.2) is 68.9 Å². The molecule has 0 radical (unpaired) electrons. The molecule has 1 unspecified atom stereocenters. The monoisotopic (exact) mass is 517 g/mol. The van der Waals surface area contributed by atoms with Gasteiger partial charge in [-0.25, -0.2) is 4.39 Å². The van der Waals surface area contributed by atoms with E-state index in [9.17, 15) is 18.8 Å². The predicted octanol–water partition coefficient (Wildman–Crippen LogP) is 1.46. The largest absolute Gasteiger partial charge is 0.359 e. The minimum atomic E-state index is -0.672. The fourth-order valence-electron chi connectivity index (χ4n) is 4.35. The normalized spacial score (nSPS) is 15.6. The molecule has 3 amide bonds. The molecule has 1 atom stereocenters. The first-order valence-corrected chi connectivity index (χ1v) is 11.9. The van der Waals surface area contributed by atoms with Gasteiger partial charge in [-0.1, -0.05) is 23.4 Å². The van der Waals surface area contributed by atoms with Crippen LogP contribution in [-0.2, 0) is 27.5 Å². The molecule has 1 aliphatic heterocycles. The summed E-state index contributed by atoms with van der Waals surface area (Å²) in [5, 5.41) is 10.5. The van der Waals surface area contributed by atoms with E-state index in [2.05, 4.69) is 25.8 Å². The lowest BCUT2D eigenvalue weighted by Crippen LogP contribution is -2.63. The molecule has 4 aromatic rings. The number of hydrogen-bond acceptors (Lipinski definition) is 8. The van der Waals surface area contributed by atoms with E-state index in [0.717, 1.165) is 22.7 Å². The standard InChI is InChI=1S/C26H24FN7O4/c27-18-6-7-22(30-10-18)23-9-19(38-32-23)11-28-12-25(36)34-15-26(37)33(14-24(34)31-16-35)13-17-3-1-5-21-20(17)4-2-8-29-21/h1-10,16,24,28H,11-15H2,(H,31,35). The molecule has 0 saturated carbocycles. The van der Waals surface area contributed by atoms with Gasteiger partial charge in [0, 0.05) is 24.2 Å². The third-order valence-electron chi connectivity index (χ3n) is 6.23. The summed E-state index contributed by atoms with van der Waals surface area (Å²) in [5.41, 5.74) is 2.65. The zero-order valence-electron chi connectivity index (χ0n) is 20.2. The van der Waals surface area contributed by atoms with Crippen LogP contribution in [0.15, 0.2) is 65.4 Å². The van der Waals surface area contributed by atoms with Crippen LogP contribution in [0.3, 0.4) is 0 Å². The number of fused-ring (bicyclic) bond motifs is 1. The first kappa shape index (κ1) is 25.0.